The Hall–Kier alpha value is -2.01. The Balaban J connectivity index is 2.25. The zero-order valence-electron chi connectivity index (χ0n) is 13.3. The molecule has 1 aromatic rings. The highest BCUT2D eigenvalue weighted by molar-refractivity contribution is 6.31. The van der Waals surface area contributed by atoms with Crippen LogP contribution < -0.4 is 10.6 Å². The number of hydrogen-bond donors (Lipinski definition) is 2. The minimum absolute atomic E-state index is 0.366. The van der Waals surface area contributed by atoms with E-state index in [1.165, 1.54) is 0 Å². The van der Waals surface area contributed by atoms with Gasteiger partial charge in [-0.25, -0.2) is 9.59 Å². The molecule has 0 fully saturated rings. The fourth-order valence-electron chi connectivity index (χ4n) is 2.50. The van der Waals surface area contributed by atoms with Crippen LogP contribution in [-0.4, -0.2) is 18.6 Å². The van der Waals surface area contributed by atoms with Gasteiger partial charge in [-0.2, -0.15) is 0 Å². The third kappa shape index (κ3) is 4.26. The van der Waals surface area contributed by atoms with Crippen molar-refractivity contribution in [2.24, 2.45) is 0 Å². The number of urea groups is 1. The Morgan fingerprint density at radius 3 is 2.74 bits per heavy atom. The Bertz CT molecular complexity index is 628. The molecule has 1 aliphatic rings. The summed E-state index contributed by atoms with van der Waals surface area (Å²) in [5.41, 5.74) is 1.54. The second kappa shape index (κ2) is 8.02. The molecule has 1 aromatic carbocycles. The minimum Gasteiger partial charge on any atom is -0.462 e. The number of carbonyl (C=O) groups is 2. The number of hydrogen-bond acceptors (Lipinski definition) is 3. The lowest BCUT2D eigenvalue weighted by Crippen LogP contribution is -2.45. The molecule has 5 nitrogen and oxygen atoms in total. The number of amides is 2. The monoisotopic (exact) mass is 336 g/mol. The first-order chi connectivity index (χ1) is 11.0. The number of benzene rings is 1. The highest BCUT2D eigenvalue weighted by Crippen LogP contribution is 2.31. The molecular formula is C17H21ClN2O3. The number of carbonyl (C=O) groups excluding carboxylic acids is 2. The van der Waals surface area contributed by atoms with Crippen molar-refractivity contribution in [2.75, 3.05) is 6.61 Å². The summed E-state index contributed by atoms with van der Waals surface area (Å²) >= 11 is 6.22. The van der Waals surface area contributed by atoms with Gasteiger partial charge in [0.2, 0.25) is 0 Å². The van der Waals surface area contributed by atoms with Crippen molar-refractivity contribution in [1.29, 1.82) is 0 Å². The number of allylic oxidation sites excluding steroid dienone is 1. The van der Waals surface area contributed by atoms with E-state index in [1.54, 1.807) is 25.1 Å². The number of ether oxygens (including phenoxy) is 1. The molecule has 1 atom stereocenters. The number of esters is 1. The van der Waals surface area contributed by atoms with Gasteiger partial charge < -0.3 is 15.4 Å². The molecule has 0 bridgehead atoms. The molecule has 124 valence electrons. The number of rotatable bonds is 6. The highest BCUT2D eigenvalue weighted by Gasteiger charge is 2.33. The van der Waals surface area contributed by atoms with Gasteiger partial charge in [-0.15, -0.1) is 0 Å². The van der Waals surface area contributed by atoms with Gasteiger partial charge in [-0.1, -0.05) is 49.6 Å². The third-order valence-electron chi connectivity index (χ3n) is 3.69. The van der Waals surface area contributed by atoms with E-state index in [0.29, 0.717) is 28.5 Å². The molecule has 0 aromatic heterocycles. The maximum absolute atomic E-state index is 12.5. The molecule has 2 amide bonds. The van der Waals surface area contributed by atoms with Crippen LogP contribution in [0.25, 0.3) is 0 Å². The van der Waals surface area contributed by atoms with Crippen molar-refractivity contribution in [3.8, 4) is 0 Å². The van der Waals surface area contributed by atoms with E-state index in [-0.39, 0.29) is 6.03 Å². The smallest absolute Gasteiger partial charge is 0.338 e. The van der Waals surface area contributed by atoms with Crippen LogP contribution in [-0.2, 0) is 9.53 Å². The van der Waals surface area contributed by atoms with Gasteiger partial charge in [0.15, 0.2) is 0 Å². The summed E-state index contributed by atoms with van der Waals surface area (Å²) in [4.78, 5) is 24.2. The Morgan fingerprint density at radius 2 is 2.04 bits per heavy atom. The number of halogens is 1. The van der Waals surface area contributed by atoms with E-state index in [1.807, 2.05) is 6.07 Å². The Kier molecular flexibility index (Phi) is 6.04. The minimum atomic E-state index is -0.615. The second-order valence-corrected chi connectivity index (χ2v) is 5.84. The lowest BCUT2D eigenvalue weighted by Gasteiger charge is -2.28. The van der Waals surface area contributed by atoms with Gasteiger partial charge in [0.25, 0.3) is 0 Å². The molecule has 0 radical (unpaired) electrons. The Labute approximate surface area is 141 Å². The van der Waals surface area contributed by atoms with Crippen LogP contribution >= 0.6 is 11.6 Å². The molecule has 0 saturated heterocycles. The van der Waals surface area contributed by atoms with E-state index in [2.05, 4.69) is 17.6 Å². The first-order valence-corrected chi connectivity index (χ1v) is 8.12. The topological polar surface area (TPSA) is 67.4 Å². The second-order valence-electron chi connectivity index (χ2n) is 5.43. The van der Waals surface area contributed by atoms with Crippen molar-refractivity contribution in [3.63, 3.8) is 0 Å². The maximum atomic E-state index is 12.5. The average Bonchev–Trinajstić information content (AvgIpc) is 2.51. The SMILES string of the molecule is CCCCCOC(=O)C1=C(C)NC(=O)NC1c1ccccc1Cl. The summed E-state index contributed by atoms with van der Waals surface area (Å²) in [5, 5.41) is 5.85. The van der Waals surface area contributed by atoms with Crippen LogP contribution in [0.1, 0.15) is 44.7 Å². The van der Waals surface area contributed by atoms with Crippen molar-refractivity contribution < 1.29 is 14.3 Å². The molecule has 0 aliphatic carbocycles. The predicted octanol–water partition coefficient (Wildman–Crippen LogP) is 3.70. The van der Waals surface area contributed by atoms with E-state index < -0.39 is 12.0 Å². The van der Waals surface area contributed by atoms with Gasteiger partial charge in [-0.3, -0.25) is 0 Å². The Morgan fingerprint density at radius 1 is 1.30 bits per heavy atom. The molecule has 0 spiro atoms. The fraction of sp³-hybridized carbons (Fsp3) is 0.412. The van der Waals surface area contributed by atoms with E-state index in [9.17, 15) is 9.59 Å². The van der Waals surface area contributed by atoms with Gasteiger partial charge in [-0.05, 0) is 25.0 Å². The van der Waals surface area contributed by atoms with Crippen molar-refractivity contribution in [2.45, 2.75) is 39.2 Å². The van der Waals surface area contributed by atoms with E-state index >= 15 is 0 Å². The summed E-state index contributed by atoms with van der Waals surface area (Å²) in [5.74, 6) is -0.434. The van der Waals surface area contributed by atoms with E-state index in [0.717, 1.165) is 19.3 Å². The lowest BCUT2D eigenvalue weighted by atomic mass is 9.95. The van der Waals surface area contributed by atoms with Gasteiger partial charge in [0.05, 0.1) is 18.2 Å². The quantitative estimate of drug-likeness (QED) is 0.614. The molecular weight excluding hydrogens is 316 g/mol. The van der Waals surface area contributed by atoms with Crippen molar-refractivity contribution in [1.82, 2.24) is 10.6 Å². The molecule has 0 saturated carbocycles. The number of unbranched alkanes of at least 4 members (excludes halogenated alkanes) is 2. The molecule has 1 heterocycles. The van der Waals surface area contributed by atoms with Crippen LogP contribution in [0.2, 0.25) is 5.02 Å². The van der Waals surface area contributed by atoms with Crippen LogP contribution in [0.3, 0.4) is 0 Å². The van der Waals surface area contributed by atoms with Crippen molar-refractivity contribution in [3.05, 3.63) is 46.1 Å². The normalized spacial score (nSPS) is 17.5. The largest absolute Gasteiger partial charge is 0.462 e. The maximum Gasteiger partial charge on any atom is 0.338 e. The zero-order chi connectivity index (χ0) is 16.8. The molecule has 2 rings (SSSR count). The van der Waals surface area contributed by atoms with Gasteiger partial charge in [0, 0.05) is 10.7 Å². The number of nitrogens with one attached hydrogen (secondary N) is 2. The van der Waals surface area contributed by atoms with Crippen LogP contribution in [0, 0.1) is 0 Å². The molecule has 2 N–H and O–H groups in total. The third-order valence-corrected chi connectivity index (χ3v) is 4.03. The zero-order valence-corrected chi connectivity index (χ0v) is 14.1. The molecule has 6 heteroatoms. The first kappa shape index (κ1) is 17.3. The fourth-order valence-corrected chi connectivity index (χ4v) is 2.75. The van der Waals surface area contributed by atoms with Gasteiger partial charge >= 0.3 is 12.0 Å². The summed E-state index contributed by atoms with van der Waals surface area (Å²) in [6, 6.07) is 6.15. The average molecular weight is 337 g/mol. The van der Waals surface area contributed by atoms with E-state index in [4.69, 9.17) is 16.3 Å². The van der Waals surface area contributed by atoms with Crippen molar-refractivity contribution >= 4 is 23.6 Å². The first-order valence-electron chi connectivity index (χ1n) is 7.74. The lowest BCUT2D eigenvalue weighted by molar-refractivity contribution is -0.139. The summed E-state index contributed by atoms with van der Waals surface area (Å²) in [6.07, 6.45) is 2.89. The summed E-state index contributed by atoms with van der Waals surface area (Å²) in [6.45, 7) is 4.14. The predicted molar refractivity (Wildman–Crippen MR) is 89.0 cm³/mol. The van der Waals surface area contributed by atoms with Gasteiger partial charge in [0.1, 0.15) is 0 Å². The highest BCUT2D eigenvalue weighted by atomic mass is 35.5. The van der Waals surface area contributed by atoms with Crippen LogP contribution in [0.15, 0.2) is 35.5 Å². The van der Waals surface area contributed by atoms with Crippen LogP contribution in [0.4, 0.5) is 4.79 Å². The molecule has 1 unspecified atom stereocenters. The molecule has 1 aliphatic heterocycles. The van der Waals surface area contributed by atoms with Crippen LogP contribution in [0.5, 0.6) is 0 Å². The summed E-state index contributed by atoms with van der Waals surface area (Å²) < 4.78 is 5.35. The molecule has 23 heavy (non-hydrogen) atoms. The summed E-state index contributed by atoms with van der Waals surface area (Å²) in [7, 11) is 0. The standard InChI is InChI=1S/C17H21ClN2O3/c1-3-4-7-10-23-16(21)14-11(2)19-17(22)20-15(14)12-8-5-6-9-13(12)18/h5-6,8-9,15H,3-4,7,10H2,1-2H3,(H2,19,20,22).